The highest BCUT2D eigenvalue weighted by Gasteiger charge is 2.60. The van der Waals surface area contributed by atoms with Crippen molar-refractivity contribution < 1.29 is 4.79 Å². The molecule has 0 aromatic heterocycles. The standard InChI is InChI=1S/C17H21ClN2OS/c1-10(2)9-13-14(17(13,3)4)15(21)20-16(22)19-12-7-5-11(18)6-8-12/h5-9,13-14H,1-4H3,(H2,19,20,21,22)/t13-,14-/m1/s1. The van der Waals surface area contributed by atoms with Crippen LogP contribution in [0.5, 0.6) is 0 Å². The van der Waals surface area contributed by atoms with Crippen LogP contribution in [0.4, 0.5) is 5.69 Å². The Morgan fingerprint density at radius 1 is 1.27 bits per heavy atom. The monoisotopic (exact) mass is 336 g/mol. The molecule has 2 rings (SSSR count). The van der Waals surface area contributed by atoms with E-state index in [2.05, 4.69) is 44.4 Å². The molecule has 0 unspecified atom stereocenters. The van der Waals surface area contributed by atoms with Crippen LogP contribution in [0, 0.1) is 17.3 Å². The van der Waals surface area contributed by atoms with E-state index in [0.717, 1.165) is 5.69 Å². The smallest absolute Gasteiger partial charge is 0.230 e. The van der Waals surface area contributed by atoms with Gasteiger partial charge in [0, 0.05) is 10.7 Å². The molecule has 1 aliphatic rings. The van der Waals surface area contributed by atoms with E-state index in [0.29, 0.717) is 10.1 Å². The minimum atomic E-state index is -0.0348. The summed E-state index contributed by atoms with van der Waals surface area (Å²) in [6.07, 6.45) is 2.17. The van der Waals surface area contributed by atoms with Gasteiger partial charge in [0.1, 0.15) is 0 Å². The molecule has 1 amide bonds. The first-order valence-corrected chi connectivity index (χ1v) is 8.03. The summed E-state index contributed by atoms with van der Waals surface area (Å²) in [7, 11) is 0. The first-order valence-electron chi connectivity index (χ1n) is 7.24. The third-order valence-corrected chi connectivity index (χ3v) is 4.50. The molecule has 0 saturated heterocycles. The lowest BCUT2D eigenvalue weighted by Gasteiger charge is -2.10. The zero-order valence-electron chi connectivity index (χ0n) is 13.2. The summed E-state index contributed by atoms with van der Waals surface area (Å²) in [5, 5.41) is 6.74. The van der Waals surface area contributed by atoms with E-state index in [-0.39, 0.29) is 23.2 Å². The molecule has 5 heteroatoms. The van der Waals surface area contributed by atoms with Gasteiger partial charge >= 0.3 is 0 Å². The van der Waals surface area contributed by atoms with Gasteiger partial charge in [-0.2, -0.15) is 0 Å². The van der Waals surface area contributed by atoms with Crippen LogP contribution in [0.15, 0.2) is 35.9 Å². The van der Waals surface area contributed by atoms with Crippen molar-refractivity contribution in [3.63, 3.8) is 0 Å². The lowest BCUT2D eigenvalue weighted by atomic mass is 10.1. The predicted octanol–water partition coefficient (Wildman–Crippen LogP) is 4.39. The number of anilines is 1. The van der Waals surface area contributed by atoms with E-state index >= 15 is 0 Å². The van der Waals surface area contributed by atoms with Crippen LogP contribution in [-0.4, -0.2) is 11.0 Å². The Bertz CT molecular complexity index is 618. The van der Waals surface area contributed by atoms with Gasteiger partial charge in [0.05, 0.1) is 5.92 Å². The number of benzene rings is 1. The van der Waals surface area contributed by atoms with E-state index in [1.807, 2.05) is 12.1 Å². The number of hydrogen-bond donors (Lipinski definition) is 2. The van der Waals surface area contributed by atoms with E-state index < -0.39 is 0 Å². The lowest BCUT2D eigenvalue weighted by molar-refractivity contribution is -0.121. The van der Waals surface area contributed by atoms with Crippen molar-refractivity contribution in [2.45, 2.75) is 27.7 Å². The minimum absolute atomic E-state index is 0.0166. The van der Waals surface area contributed by atoms with Gasteiger partial charge in [0.15, 0.2) is 5.11 Å². The topological polar surface area (TPSA) is 41.1 Å². The van der Waals surface area contributed by atoms with Crippen molar-refractivity contribution in [3.05, 3.63) is 40.9 Å². The molecule has 0 radical (unpaired) electrons. The Morgan fingerprint density at radius 3 is 2.41 bits per heavy atom. The van der Waals surface area contributed by atoms with E-state index in [9.17, 15) is 4.79 Å². The number of amides is 1. The van der Waals surface area contributed by atoms with Crippen molar-refractivity contribution in [2.75, 3.05) is 5.32 Å². The average Bonchev–Trinajstić information content (AvgIpc) is 2.92. The SMILES string of the molecule is CC(C)=C[C@@H]1[C@H](C(=O)NC(=S)Nc2ccc(Cl)cc2)C1(C)C. The highest BCUT2D eigenvalue weighted by Crippen LogP contribution is 2.59. The lowest BCUT2D eigenvalue weighted by Crippen LogP contribution is -2.36. The summed E-state index contributed by atoms with van der Waals surface area (Å²) in [6.45, 7) is 8.32. The Labute approximate surface area is 142 Å². The highest BCUT2D eigenvalue weighted by molar-refractivity contribution is 7.80. The van der Waals surface area contributed by atoms with Gasteiger partial charge in [-0.05, 0) is 61.7 Å². The third-order valence-electron chi connectivity index (χ3n) is 4.04. The predicted molar refractivity (Wildman–Crippen MR) is 96.0 cm³/mol. The number of carbonyl (C=O) groups is 1. The summed E-state index contributed by atoms with van der Waals surface area (Å²) in [5.41, 5.74) is 2.01. The highest BCUT2D eigenvalue weighted by atomic mass is 35.5. The number of allylic oxidation sites excluding steroid dienone is 2. The molecule has 1 aromatic carbocycles. The molecule has 1 aliphatic carbocycles. The number of carbonyl (C=O) groups excluding carboxylic acids is 1. The van der Waals surface area contributed by atoms with Crippen LogP contribution in [-0.2, 0) is 4.79 Å². The van der Waals surface area contributed by atoms with Gasteiger partial charge in [-0.3, -0.25) is 4.79 Å². The number of hydrogen-bond acceptors (Lipinski definition) is 2. The second-order valence-electron chi connectivity index (χ2n) is 6.52. The molecule has 2 atom stereocenters. The van der Waals surface area contributed by atoms with Crippen LogP contribution >= 0.6 is 23.8 Å². The van der Waals surface area contributed by atoms with E-state index in [4.69, 9.17) is 23.8 Å². The second-order valence-corrected chi connectivity index (χ2v) is 7.36. The van der Waals surface area contributed by atoms with Crippen molar-refractivity contribution in [3.8, 4) is 0 Å². The Morgan fingerprint density at radius 2 is 1.86 bits per heavy atom. The summed E-state index contributed by atoms with van der Waals surface area (Å²) >= 11 is 11.0. The summed E-state index contributed by atoms with van der Waals surface area (Å²) in [4.78, 5) is 12.4. The summed E-state index contributed by atoms with van der Waals surface area (Å²) < 4.78 is 0. The molecule has 22 heavy (non-hydrogen) atoms. The van der Waals surface area contributed by atoms with E-state index in [1.54, 1.807) is 12.1 Å². The minimum Gasteiger partial charge on any atom is -0.332 e. The zero-order chi connectivity index (χ0) is 16.5. The molecule has 0 bridgehead atoms. The number of halogens is 1. The molecule has 3 nitrogen and oxygen atoms in total. The molecule has 1 saturated carbocycles. The first kappa shape index (κ1) is 17.0. The molecule has 1 aromatic rings. The number of rotatable bonds is 3. The summed E-state index contributed by atoms with van der Waals surface area (Å²) in [6, 6.07) is 7.16. The second kappa shape index (κ2) is 6.39. The maximum absolute atomic E-state index is 12.4. The first-order chi connectivity index (χ1) is 10.2. The quantitative estimate of drug-likeness (QED) is 0.635. The van der Waals surface area contributed by atoms with Crippen LogP contribution < -0.4 is 10.6 Å². The molecule has 1 fully saturated rings. The van der Waals surface area contributed by atoms with Gasteiger partial charge in [-0.15, -0.1) is 0 Å². The van der Waals surface area contributed by atoms with Gasteiger partial charge in [0.2, 0.25) is 5.91 Å². The van der Waals surface area contributed by atoms with Gasteiger partial charge < -0.3 is 10.6 Å². The van der Waals surface area contributed by atoms with Crippen LogP contribution in [0.3, 0.4) is 0 Å². The maximum atomic E-state index is 12.4. The van der Waals surface area contributed by atoms with Crippen LogP contribution in [0.25, 0.3) is 0 Å². The maximum Gasteiger partial charge on any atom is 0.230 e. The Balaban J connectivity index is 1.93. The molecule has 0 heterocycles. The van der Waals surface area contributed by atoms with Crippen molar-refractivity contribution in [2.24, 2.45) is 17.3 Å². The normalized spacial score (nSPS) is 21.7. The molecular formula is C17H21ClN2OS. The molecule has 2 N–H and O–H groups in total. The van der Waals surface area contributed by atoms with Crippen LogP contribution in [0.1, 0.15) is 27.7 Å². The number of thiocarbonyl (C=S) groups is 1. The largest absolute Gasteiger partial charge is 0.332 e. The van der Waals surface area contributed by atoms with Gasteiger partial charge in [-0.25, -0.2) is 0 Å². The molecule has 0 aliphatic heterocycles. The molecular weight excluding hydrogens is 316 g/mol. The van der Waals surface area contributed by atoms with Gasteiger partial charge in [0.25, 0.3) is 0 Å². The summed E-state index contributed by atoms with van der Waals surface area (Å²) in [5.74, 6) is 0.210. The van der Waals surface area contributed by atoms with Crippen LogP contribution in [0.2, 0.25) is 5.02 Å². The van der Waals surface area contributed by atoms with Crippen molar-refractivity contribution >= 4 is 40.5 Å². The molecule has 118 valence electrons. The third kappa shape index (κ3) is 3.87. The fraction of sp³-hybridized carbons (Fsp3) is 0.412. The van der Waals surface area contributed by atoms with Crippen molar-refractivity contribution in [1.82, 2.24) is 5.32 Å². The fourth-order valence-electron chi connectivity index (χ4n) is 2.73. The van der Waals surface area contributed by atoms with Crippen molar-refractivity contribution in [1.29, 1.82) is 0 Å². The number of nitrogens with one attached hydrogen (secondary N) is 2. The fourth-order valence-corrected chi connectivity index (χ4v) is 3.08. The Kier molecular flexibility index (Phi) is 4.93. The zero-order valence-corrected chi connectivity index (χ0v) is 14.8. The Hall–Kier alpha value is -1.39. The van der Waals surface area contributed by atoms with Gasteiger partial charge in [-0.1, -0.05) is 37.1 Å². The molecule has 0 spiro atoms. The van der Waals surface area contributed by atoms with E-state index in [1.165, 1.54) is 5.57 Å². The average molecular weight is 337 g/mol.